The molecule has 0 fully saturated rings. The average Bonchev–Trinajstić information content (AvgIpc) is 2.80. The maximum absolute atomic E-state index is 6.05. The molecule has 0 saturated heterocycles. The minimum absolute atomic E-state index is 0.246. The van der Waals surface area contributed by atoms with Crippen molar-refractivity contribution < 1.29 is 9.15 Å². The number of nitrogens with zero attached hydrogens (tertiary/aromatic N) is 1. The Labute approximate surface area is 102 Å². The second-order valence-electron chi connectivity index (χ2n) is 3.01. The third kappa shape index (κ3) is 1.70. The van der Waals surface area contributed by atoms with E-state index in [4.69, 9.17) is 38.1 Å². The Hall–Kier alpha value is -1.39. The molecule has 84 valence electrons. The summed E-state index contributed by atoms with van der Waals surface area (Å²) in [6.45, 7) is 0. The summed E-state index contributed by atoms with van der Waals surface area (Å²) in [5, 5.41) is 0.580. The van der Waals surface area contributed by atoms with Crippen molar-refractivity contribution in [2.75, 3.05) is 12.8 Å². The number of aromatic nitrogens is 1. The third-order valence-electron chi connectivity index (χ3n) is 2.08. The van der Waals surface area contributed by atoms with Crippen molar-refractivity contribution in [2.24, 2.45) is 0 Å². The molecule has 4 nitrogen and oxygen atoms in total. The van der Waals surface area contributed by atoms with E-state index >= 15 is 0 Å². The van der Waals surface area contributed by atoms with Crippen molar-refractivity contribution in [3.05, 3.63) is 28.6 Å². The summed E-state index contributed by atoms with van der Waals surface area (Å²) in [5.74, 6) is 0.795. The lowest BCUT2D eigenvalue weighted by Gasteiger charge is -2.10. The van der Waals surface area contributed by atoms with E-state index in [-0.39, 0.29) is 10.7 Å². The van der Waals surface area contributed by atoms with Crippen molar-refractivity contribution in [1.82, 2.24) is 4.98 Å². The Morgan fingerprint density at radius 2 is 2.12 bits per heavy atom. The summed E-state index contributed by atoms with van der Waals surface area (Å²) >= 11 is 12.0. The molecule has 1 aromatic carbocycles. The molecule has 2 rings (SSSR count). The van der Waals surface area contributed by atoms with Crippen LogP contribution in [0.2, 0.25) is 10.0 Å². The molecule has 0 bridgehead atoms. The Morgan fingerprint density at radius 1 is 1.38 bits per heavy atom. The molecule has 0 saturated carbocycles. The SMILES string of the molecule is COc1cc(-c2ncco2)c(Cl)c(N)c1Cl. The quantitative estimate of drug-likeness (QED) is 0.841. The third-order valence-corrected chi connectivity index (χ3v) is 2.88. The van der Waals surface area contributed by atoms with Gasteiger partial charge in [-0.05, 0) is 6.07 Å². The van der Waals surface area contributed by atoms with E-state index in [2.05, 4.69) is 4.98 Å². The van der Waals surface area contributed by atoms with Crippen molar-refractivity contribution in [3.63, 3.8) is 0 Å². The topological polar surface area (TPSA) is 61.3 Å². The number of ether oxygens (including phenoxy) is 1. The van der Waals surface area contributed by atoms with Crippen LogP contribution in [0.15, 0.2) is 22.9 Å². The lowest BCUT2D eigenvalue weighted by atomic mass is 10.2. The fourth-order valence-electron chi connectivity index (χ4n) is 1.29. The fraction of sp³-hybridized carbons (Fsp3) is 0.100. The Morgan fingerprint density at radius 3 is 2.69 bits per heavy atom. The van der Waals surface area contributed by atoms with E-state index < -0.39 is 0 Å². The van der Waals surface area contributed by atoms with Gasteiger partial charge >= 0.3 is 0 Å². The van der Waals surface area contributed by atoms with E-state index in [0.717, 1.165) is 0 Å². The summed E-state index contributed by atoms with van der Waals surface area (Å²) in [4.78, 5) is 3.99. The van der Waals surface area contributed by atoms with Crippen molar-refractivity contribution in [2.45, 2.75) is 0 Å². The highest BCUT2D eigenvalue weighted by molar-refractivity contribution is 6.41. The van der Waals surface area contributed by atoms with Crippen LogP contribution in [0.5, 0.6) is 5.75 Å². The Balaban J connectivity index is 2.67. The number of nitrogens with two attached hydrogens (primary N) is 1. The predicted octanol–water partition coefficient (Wildman–Crippen LogP) is 3.24. The second kappa shape index (κ2) is 4.23. The number of benzene rings is 1. The van der Waals surface area contributed by atoms with Gasteiger partial charge < -0.3 is 14.9 Å². The van der Waals surface area contributed by atoms with Gasteiger partial charge in [-0.2, -0.15) is 0 Å². The normalized spacial score (nSPS) is 10.4. The highest BCUT2D eigenvalue weighted by Crippen LogP contribution is 2.42. The van der Waals surface area contributed by atoms with Crippen molar-refractivity contribution in [1.29, 1.82) is 0 Å². The molecule has 0 aliphatic rings. The molecule has 6 heteroatoms. The van der Waals surface area contributed by atoms with Crippen LogP contribution in [-0.2, 0) is 0 Å². The molecule has 0 atom stereocenters. The van der Waals surface area contributed by atoms with Crippen LogP contribution >= 0.6 is 23.2 Å². The number of halogens is 2. The van der Waals surface area contributed by atoms with E-state index in [9.17, 15) is 0 Å². The van der Waals surface area contributed by atoms with Crippen LogP contribution in [-0.4, -0.2) is 12.1 Å². The van der Waals surface area contributed by atoms with Crippen LogP contribution < -0.4 is 10.5 Å². The minimum Gasteiger partial charge on any atom is -0.495 e. The maximum atomic E-state index is 6.05. The molecule has 2 N–H and O–H groups in total. The van der Waals surface area contributed by atoms with Gasteiger partial charge in [-0.3, -0.25) is 0 Å². The molecule has 2 aromatic rings. The first kappa shape index (κ1) is 11.1. The number of hydrogen-bond acceptors (Lipinski definition) is 4. The Kier molecular flexibility index (Phi) is 2.94. The van der Waals surface area contributed by atoms with E-state index in [1.54, 1.807) is 6.07 Å². The molecular formula is C10H8Cl2N2O2. The van der Waals surface area contributed by atoms with Gasteiger partial charge in [0.1, 0.15) is 17.0 Å². The van der Waals surface area contributed by atoms with E-state index in [1.807, 2.05) is 0 Å². The van der Waals surface area contributed by atoms with E-state index in [0.29, 0.717) is 22.2 Å². The molecule has 0 aliphatic carbocycles. The predicted molar refractivity (Wildman–Crippen MR) is 62.9 cm³/mol. The van der Waals surface area contributed by atoms with Crippen LogP contribution in [0.25, 0.3) is 11.5 Å². The monoisotopic (exact) mass is 258 g/mol. The van der Waals surface area contributed by atoms with Crippen LogP contribution in [0.1, 0.15) is 0 Å². The zero-order valence-corrected chi connectivity index (χ0v) is 9.84. The van der Waals surface area contributed by atoms with Gasteiger partial charge in [-0.15, -0.1) is 0 Å². The van der Waals surface area contributed by atoms with Gasteiger partial charge in [-0.25, -0.2) is 4.98 Å². The summed E-state index contributed by atoms with van der Waals surface area (Å²) < 4.78 is 10.2. The van der Waals surface area contributed by atoms with Gasteiger partial charge in [0.05, 0.1) is 29.6 Å². The van der Waals surface area contributed by atoms with Gasteiger partial charge in [0.25, 0.3) is 0 Å². The molecule has 0 unspecified atom stereocenters. The Bertz CT molecular complexity index is 512. The number of nitrogen functional groups attached to an aromatic ring is 1. The minimum atomic E-state index is 0.246. The first-order chi connectivity index (χ1) is 7.65. The van der Waals surface area contributed by atoms with Gasteiger partial charge in [0, 0.05) is 0 Å². The molecule has 1 heterocycles. The lowest BCUT2D eigenvalue weighted by Crippen LogP contribution is -1.94. The van der Waals surface area contributed by atoms with E-state index in [1.165, 1.54) is 19.6 Å². The number of rotatable bonds is 2. The van der Waals surface area contributed by atoms with Crippen LogP contribution in [0.3, 0.4) is 0 Å². The number of oxazole rings is 1. The molecule has 1 aromatic heterocycles. The molecule has 16 heavy (non-hydrogen) atoms. The standard InChI is InChI=1S/C10H8Cl2N2O2/c1-15-6-4-5(10-14-2-3-16-10)7(11)9(13)8(6)12/h2-4H,13H2,1H3. The lowest BCUT2D eigenvalue weighted by molar-refractivity contribution is 0.415. The molecular weight excluding hydrogens is 251 g/mol. The van der Waals surface area contributed by atoms with Gasteiger partial charge in [0.2, 0.25) is 5.89 Å². The number of methoxy groups -OCH3 is 1. The highest BCUT2D eigenvalue weighted by atomic mass is 35.5. The molecule has 0 amide bonds. The maximum Gasteiger partial charge on any atom is 0.227 e. The fourth-order valence-corrected chi connectivity index (χ4v) is 1.80. The number of hydrogen-bond donors (Lipinski definition) is 1. The van der Waals surface area contributed by atoms with Crippen LogP contribution in [0, 0.1) is 0 Å². The first-order valence-corrected chi connectivity index (χ1v) is 5.12. The molecule has 0 spiro atoms. The van der Waals surface area contributed by atoms with Crippen molar-refractivity contribution >= 4 is 28.9 Å². The summed E-state index contributed by atoms with van der Waals surface area (Å²) in [6.07, 6.45) is 2.96. The summed E-state index contributed by atoms with van der Waals surface area (Å²) in [7, 11) is 1.49. The zero-order chi connectivity index (χ0) is 11.7. The second-order valence-corrected chi connectivity index (χ2v) is 3.76. The first-order valence-electron chi connectivity index (χ1n) is 4.36. The van der Waals surface area contributed by atoms with Gasteiger partial charge in [0.15, 0.2) is 0 Å². The smallest absolute Gasteiger partial charge is 0.227 e. The van der Waals surface area contributed by atoms with Crippen LogP contribution in [0.4, 0.5) is 5.69 Å². The molecule has 0 radical (unpaired) electrons. The average molecular weight is 259 g/mol. The summed E-state index contributed by atoms with van der Waals surface area (Å²) in [6, 6.07) is 1.63. The zero-order valence-electron chi connectivity index (χ0n) is 8.33. The molecule has 0 aliphatic heterocycles. The van der Waals surface area contributed by atoms with Gasteiger partial charge in [-0.1, -0.05) is 23.2 Å². The van der Waals surface area contributed by atoms with Crippen molar-refractivity contribution in [3.8, 4) is 17.2 Å². The number of anilines is 1. The largest absolute Gasteiger partial charge is 0.495 e. The summed E-state index contributed by atoms with van der Waals surface area (Å²) in [5.41, 5.74) is 6.54. The highest BCUT2D eigenvalue weighted by Gasteiger charge is 2.17.